The van der Waals surface area contributed by atoms with Crippen molar-refractivity contribution in [1.82, 2.24) is 5.32 Å². The number of benzene rings is 1. The van der Waals surface area contributed by atoms with Crippen molar-refractivity contribution in [3.05, 3.63) is 29.8 Å². The third-order valence-corrected chi connectivity index (χ3v) is 4.16. The summed E-state index contributed by atoms with van der Waals surface area (Å²) in [5.41, 5.74) is 2.15. The summed E-state index contributed by atoms with van der Waals surface area (Å²) in [6.07, 6.45) is 0.787. The number of methoxy groups -OCH3 is 1. The van der Waals surface area contributed by atoms with Gasteiger partial charge in [0.1, 0.15) is 6.04 Å². The molecule has 0 aliphatic carbocycles. The standard InChI is InChI=1S/C18H28N2O3/c1-6-13(3)17(18(22)23-5)19-16(21)12-20(7-2)15-11-9-8-10-14(15)4/h8-11,13,17H,6-7,12H2,1-5H3,(H,19,21). The minimum atomic E-state index is -0.604. The molecule has 0 bridgehead atoms. The molecule has 0 spiro atoms. The minimum Gasteiger partial charge on any atom is -0.467 e. The van der Waals surface area contributed by atoms with Crippen molar-refractivity contribution in [3.8, 4) is 0 Å². The number of esters is 1. The van der Waals surface area contributed by atoms with E-state index in [9.17, 15) is 9.59 Å². The summed E-state index contributed by atoms with van der Waals surface area (Å²) in [4.78, 5) is 26.3. The Labute approximate surface area is 139 Å². The summed E-state index contributed by atoms with van der Waals surface area (Å²) in [7, 11) is 1.34. The van der Waals surface area contributed by atoms with Gasteiger partial charge in [-0.2, -0.15) is 0 Å². The third kappa shape index (κ3) is 5.27. The maximum Gasteiger partial charge on any atom is 0.328 e. The molecule has 5 heteroatoms. The first kappa shape index (κ1) is 19.0. The lowest BCUT2D eigenvalue weighted by molar-refractivity contribution is -0.146. The van der Waals surface area contributed by atoms with Crippen LogP contribution in [0, 0.1) is 12.8 Å². The molecule has 0 aliphatic rings. The average Bonchev–Trinajstić information content (AvgIpc) is 2.56. The minimum absolute atomic E-state index is 0.0277. The molecule has 5 nitrogen and oxygen atoms in total. The number of ether oxygens (including phenoxy) is 1. The molecule has 2 unspecified atom stereocenters. The first-order valence-electron chi connectivity index (χ1n) is 8.12. The Balaban J connectivity index is 2.80. The number of amides is 1. The zero-order valence-electron chi connectivity index (χ0n) is 14.8. The van der Waals surface area contributed by atoms with Gasteiger partial charge in [0.25, 0.3) is 0 Å². The highest BCUT2D eigenvalue weighted by Crippen LogP contribution is 2.19. The second kappa shape index (κ2) is 9.18. The van der Waals surface area contributed by atoms with Crippen LogP contribution in [0.15, 0.2) is 24.3 Å². The highest BCUT2D eigenvalue weighted by molar-refractivity contribution is 5.87. The van der Waals surface area contributed by atoms with Crippen LogP contribution in [0.3, 0.4) is 0 Å². The lowest BCUT2D eigenvalue weighted by atomic mass is 9.99. The van der Waals surface area contributed by atoms with Gasteiger partial charge in [0.15, 0.2) is 0 Å². The third-order valence-electron chi connectivity index (χ3n) is 4.16. The van der Waals surface area contributed by atoms with E-state index in [0.29, 0.717) is 6.54 Å². The van der Waals surface area contributed by atoms with Crippen molar-refractivity contribution in [1.29, 1.82) is 0 Å². The predicted molar refractivity (Wildman–Crippen MR) is 92.5 cm³/mol. The Bertz CT molecular complexity index is 531. The molecule has 2 atom stereocenters. The monoisotopic (exact) mass is 320 g/mol. The number of rotatable bonds is 8. The van der Waals surface area contributed by atoms with Crippen molar-refractivity contribution < 1.29 is 14.3 Å². The van der Waals surface area contributed by atoms with E-state index in [0.717, 1.165) is 17.7 Å². The zero-order chi connectivity index (χ0) is 17.4. The van der Waals surface area contributed by atoms with E-state index >= 15 is 0 Å². The van der Waals surface area contributed by atoms with Gasteiger partial charge in [0, 0.05) is 12.2 Å². The van der Waals surface area contributed by atoms with E-state index < -0.39 is 12.0 Å². The van der Waals surface area contributed by atoms with Crippen LogP contribution < -0.4 is 10.2 Å². The van der Waals surface area contributed by atoms with Crippen molar-refractivity contribution in [2.45, 2.75) is 40.2 Å². The molecule has 1 amide bonds. The number of carbonyl (C=O) groups excluding carboxylic acids is 2. The summed E-state index contributed by atoms with van der Waals surface area (Å²) in [5, 5.41) is 2.82. The average molecular weight is 320 g/mol. The Hall–Kier alpha value is -2.04. The zero-order valence-corrected chi connectivity index (χ0v) is 14.8. The molecule has 1 aromatic rings. The quantitative estimate of drug-likeness (QED) is 0.748. The first-order valence-corrected chi connectivity index (χ1v) is 8.12. The Morgan fingerprint density at radius 3 is 2.43 bits per heavy atom. The van der Waals surface area contributed by atoms with Gasteiger partial charge in [-0.25, -0.2) is 4.79 Å². The lowest BCUT2D eigenvalue weighted by Gasteiger charge is -2.27. The molecule has 0 radical (unpaired) electrons. The van der Waals surface area contributed by atoms with Crippen molar-refractivity contribution in [2.75, 3.05) is 25.1 Å². The van der Waals surface area contributed by atoms with E-state index in [1.165, 1.54) is 7.11 Å². The van der Waals surface area contributed by atoms with E-state index in [-0.39, 0.29) is 18.4 Å². The van der Waals surface area contributed by atoms with Crippen LogP contribution in [0.1, 0.15) is 32.8 Å². The van der Waals surface area contributed by atoms with Gasteiger partial charge in [-0.3, -0.25) is 4.79 Å². The van der Waals surface area contributed by atoms with Crippen LogP contribution in [0.25, 0.3) is 0 Å². The number of aryl methyl sites for hydroxylation is 1. The summed E-state index contributed by atoms with van der Waals surface area (Å²) in [5.74, 6) is -0.544. The SMILES string of the molecule is CCC(C)C(NC(=O)CN(CC)c1ccccc1C)C(=O)OC. The summed E-state index contributed by atoms with van der Waals surface area (Å²) in [6, 6.07) is 7.35. The molecule has 1 N–H and O–H groups in total. The van der Waals surface area contributed by atoms with Crippen LogP contribution in [0.2, 0.25) is 0 Å². The Morgan fingerprint density at radius 1 is 1.26 bits per heavy atom. The van der Waals surface area contributed by atoms with Gasteiger partial charge in [-0.05, 0) is 31.4 Å². The van der Waals surface area contributed by atoms with Crippen molar-refractivity contribution in [3.63, 3.8) is 0 Å². The number of hydrogen-bond acceptors (Lipinski definition) is 4. The molecular formula is C18H28N2O3. The number of carbonyl (C=O) groups is 2. The number of para-hydroxylation sites is 1. The van der Waals surface area contributed by atoms with Gasteiger partial charge < -0.3 is 15.0 Å². The van der Waals surface area contributed by atoms with E-state index in [2.05, 4.69) is 5.32 Å². The molecule has 0 aromatic heterocycles. The van der Waals surface area contributed by atoms with Crippen LogP contribution in [0.5, 0.6) is 0 Å². The molecular weight excluding hydrogens is 292 g/mol. The van der Waals surface area contributed by atoms with Crippen molar-refractivity contribution in [2.24, 2.45) is 5.92 Å². The summed E-state index contributed by atoms with van der Waals surface area (Å²) in [6.45, 7) is 8.87. The van der Waals surface area contributed by atoms with E-state index in [1.54, 1.807) is 0 Å². The fourth-order valence-electron chi connectivity index (χ4n) is 2.47. The van der Waals surface area contributed by atoms with Gasteiger partial charge in [0.2, 0.25) is 5.91 Å². The molecule has 1 aromatic carbocycles. The molecule has 128 valence electrons. The molecule has 0 saturated heterocycles. The molecule has 1 rings (SSSR count). The largest absolute Gasteiger partial charge is 0.467 e. The molecule has 0 aliphatic heterocycles. The van der Waals surface area contributed by atoms with E-state index in [1.807, 2.05) is 56.9 Å². The number of nitrogens with one attached hydrogen (secondary N) is 1. The number of likely N-dealkylation sites (N-methyl/N-ethyl adjacent to an activating group) is 1. The number of anilines is 1. The van der Waals surface area contributed by atoms with Crippen LogP contribution in [-0.4, -0.2) is 38.1 Å². The topological polar surface area (TPSA) is 58.6 Å². The Kier molecular flexibility index (Phi) is 7.59. The number of hydrogen-bond donors (Lipinski definition) is 1. The van der Waals surface area contributed by atoms with Gasteiger partial charge >= 0.3 is 5.97 Å². The van der Waals surface area contributed by atoms with Crippen molar-refractivity contribution >= 4 is 17.6 Å². The maximum absolute atomic E-state index is 12.4. The van der Waals surface area contributed by atoms with Crippen LogP contribution in [0.4, 0.5) is 5.69 Å². The lowest BCUT2D eigenvalue weighted by Crippen LogP contribution is -2.49. The normalized spacial score (nSPS) is 13.1. The molecule has 0 heterocycles. The fraction of sp³-hybridized carbons (Fsp3) is 0.556. The first-order chi connectivity index (χ1) is 10.9. The van der Waals surface area contributed by atoms with E-state index in [4.69, 9.17) is 4.74 Å². The second-order valence-corrected chi connectivity index (χ2v) is 5.75. The molecule has 23 heavy (non-hydrogen) atoms. The Morgan fingerprint density at radius 2 is 1.91 bits per heavy atom. The fourth-order valence-corrected chi connectivity index (χ4v) is 2.47. The number of nitrogens with zero attached hydrogens (tertiary/aromatic N) is 1. The van der Waals surface area contributed by atoms with Gasteiger partial charge in [0.05, 0.1) is 13.7 Å². The van der Waals surface area contributed by atoms with Crippen LogP contribution in [-0.2, 0) is 14.3 Å². The molecule has 0 saturated carbocycles. The molecule has 0 fully saturated rings. The highest BCUT2D eigenvalue weighted by Gasteiger charge is 2.27. The second-order valence-electron chi connectivity index (χ2n) is 5.75. The summed E-state index contributed by atoms with van der Waals surface area (Å²) >= 11 is 0. The van der Waals surface area contributed by atoms with Gasteiger partial charge in [-0.1, -0.05) is 38.5 Å². The highest BCUT2D eigenvalue weighted by atomic mass is 16.5. The van der Waals surface area contributed by atoms with Gasteiger partial charge in [-0.15, -0.1) is 0 Å². The predicted octanol–water partition coefficient (Wildman–Crippen LogP) is 2.53. The smallest absolute Gasteiger partial charge is 0.328 e. The van der Waals surface area contributed by atoms with Crippen LogP contribution >= 0.6 is 0 Å². The maximum atomic E-state index is 12.4. The summed E-state index contributed by atoms with van der Waals surface area (Å²) < 4.78 is 4.80.